The van der Waals surface area contributed by atoms with Crippen LogP contribution in [0.25, 0.3) is 0 Å². The molecule has 0 aliphatic rings. The summed E-state index contributed by atoms with van der Waals surface area (Å²) in [5.41, 5.74) is 6.00. The Labute approximate surface area is 93.8 Å². The molecule has 0 aliphatic carbocycles. The number of methoxy groups -OCH3 is 1. The predicted molar refractivity (Wildman–Crippen MR) is 58.4 cm³/mol. The van der Waals surface area contributed by atoms with E-state index in [1.165, 1.54) is 0 Å². The van der Waals surface area contributed by atoms with Gasteiger partial charge < -0.3 is 20.3 Å². The second-order valence-electron chi connectivity index (χ2n) is 3.23. The van der Waals surface area contributed by atoms with Gasteiger partial charge in [0.05, 0.1) is 6.61 Å². The van der Waals surface area contributed by atoms with Crippen molar-refractivity contribution in [3.05, 3.63) is 29.8 Å². The van der Waals surface area contributed by atoms with Gasteiger partial charge in [-0.15, -0.1) is 0 Å². The summed E-state index contributed by atoms with van der Waals surface area (Å²) in [4.78, 5) is 10.7. The van der Waals surface area contributed by atoms with Gasteiger partial charge in [0.2, 0.25) is 0 Å². The van der Waals surface area contributed by atoms with E-state index in [9.17, 15) is 4.79 Å². The SMILES string of the molecule is COCCOc1cccc(C(N)C(=O)O)c1. The molecule has 0 saturated carbocycles. The first-order valence-electron chi connectivity index (χ1n) is 4.85. The van der Waals surface area contributed by atoms with Gasteiger partial charge in [-0.1, -0.05) is 12.1 Å². The zero-order valence-corrected chi connectivity index (χ0v) is 9.05. The van der Waals surface area contributed by atoms with E-state index in [0.29, 0.717) is 24.5 Å². The van der Waals surface area contributed by atoms with Crippen molar-refractivity contribution in [2.75, 3.05) is 20.3 Å². The minimum absolute atomic E-state index is 0.419. The molecule has 0 aromatic heterocycles. The Morgan fingerprint density at radius 3 is 2.88 bits per heavy atom. The predicted octanol–water partition coefficient (Wildman–Crippen LogP) is 0.796. The average molecular weight is 225 g/mol. The topological polar surface area (TPSA) is 81.8 Å². The summed E-state index contributed by atoms with van der Waals surface area (Å²) >= 11 is 0. The number of nitrogens with two attached hydrogens (primary N) is 1. The number of benzene rings is 1. The summed E-state index contributed by atoms with van der Waals surface area (Å²) in [5.74, 6) is -0.472. The maximum atomic E-state index is 10.7. The molecule has 0 bridgehead atoms. The van der Waals surface area contributed by atoms with Gasteiger partial charge >= 0.3 is 5.97 Å². The van der Waals surface area contributed by atoms with Gasteiger partial charge in [0, 0.05) is 7.11 Å². The first-order valence-corrected chi connectivity index (χ1v) is 4.85. The Bertz CT molecular complexity index is 354. The van der Waals surface area contributed by atoms with Gasteiger partial charge in [0.25, 0.3) is 0 Å². The van der Waals surface area contributed by atoms with E-state index >= 15 is 0 Å². The van der Waals surface area contributed by atoms with Crippen molar-refractivity contribution < 1.29 is 19.4 Å². The molecule has 1 atom stereocenters. The van der Waals surface area contributed by atoms with Crippen LogP contribution in [0.3, 0.4) is 0 Å². The molecule has 1 aromatic rings. The van der Waals surface area contributed by atoms with Crippen molar-refractivity contribution in [3.8, 4) is 5.75 Å². The molecule has 16 heavy (non-hydrogen) atoms. The summed E-state index contributed by atoms with van der Waals surface area (Å²) in [7, 11) is 1.58. The number of hydrogen-bond donors (Lipinski definition) is 2. The van der Waals surface area contributed by atoms with Crippen molar-refractivity contribution >= 4 is 5.97 Å². The van der Waals surface area contributed by atoms with Crippen LogP contribution in [0.1, 0.15) is 11.6 Å². The zero-order valence-electron chi connectivity index (χ0n) is 9.05. The number of hydrogen-bond acceptors (Lipinski definition) is 4. The second kappa shape index (κ2) is 6.09. The maximum Gasteiger partial charge on any atom is 0.325 e. The van der Waals surface area contributed by atoms with Gasteiger partial charge in [0.1, 0.15) is 18.4 Å². The molecule has 0 radical (unpaired) electrons. The largest absolute Gasteiger partial charge is 0.491 e. The van der Waals surface area contributed by atoms with Crippen molar-refractivity contribution in [1.29, 1.82) is 0 Å². The van der Waals surface area contributed by atoms with Crippen LogP contribution in [0.5, 0.6) is 5.75 Å². The highest BCUT2D eigenvalue weighted by Crippen LogP contribution is 2.17. The van der Waals surface area contributed by atoms with Crippen LogP contribution in [-0.2, 0) is 9.53 Å². The first kappa shape index (κ1) is 12.5. The lowest BCUT2D eigenvalue weighted by Crippen LogP contribution is -2.20. The van der Waals surface area contributed by atoms with E-state index in [-0.39, 0.29) is 0 Å². The summed E-state index contributed by atoms with van der Waals surface area (Å²) in [6, 6.07) is 5.70. The summed E-state index contributed by atoms with van der Waals surface area (Å²) in [6.45, 7) is 0.900. The highest BCUT2D eigenvalue weighted by Gasteiger charge is 2.14. The highest BCUT2D eigenvalue weighted by atomic mass is 16.5. The van der Waals surface area contributed by atoms with E-state index in [4.69, 9.17) is 20.3 Å². The molecule has 1 rings (SSSR count). The molecule has 3 N–H and O–H groups in total. The van der Waals surface area contributed by atoms with Gasteiger partial charge in [0.15, 0.2) is 0 Å². The number of carboxylic acids is 1. The van der Waals surface area contributed by atoms with E-state index in [1.54, 1.807) is 31.4 Å². The number of rotatable bonds is 6. The van der Waals surface area contributed by atoms with Crippen LogP contribution in [-0.4, -0.2) is 31.4 Å². The third kappa shape index (κ3) is 3.52. The number of aliphatic carboxylic acids is 1. The van der Waals surface area contributed by atoms with Gasteiger partial charge in [-0.3, -0.25) is 4.79 Å². The van der Waals surface area contributed by atoms with E-state index in [1.807, 2.05) is 0 Å². The van der Waals surface area contributed by atoms with Gasteiger partial charge in [-0.25, -0.2) is 0 Å². The minimum atomic E-state index is -1.06. The summed E-state index contributed by atoms with van der Waals surface area (Å²) in [6.07, 6.45) is 0. The molecule has 0 saturated heterocycles. The zero-order chi connectivity index (χ0) is 12.0. The Morgan fingerprint density at radius 2 is 2.25 bits per heavy atom. The monoisotopic (exact) mass is 225 g/mol. The average Bonchev–Trinajstić information content (AvgIpc) is 2.29. The standard InChI is InChI=1S/C11H15NO4/c1-15-5-6-16-9-4-2-3-8(7-9)10(12)11(13)14/h2-4,7,10H,5-6,12H2,1H3,(H,13,14). The van der Waals surface area contributed by atoms with Crippen molar-refractivity contribution in [3.63, 3.8) is 0 Å². The summed E-state index contributed by atoms with van der Waals surface area (Å²) < 4.78 is 10.2. The normalized spacial score (nSPS) is 12.1. The Hall–Kier alpha value is -1.59. The lowest BCUT2D eigenvalue weighted by molar-refractivity contribution is -0.138. The molecule has 0 spiro atoms. The molecule has 1 aromatic carbocycles. The molecule has 0 fully saturated rings. The molecular formula is C11H15NO4. The lowest BCUT2D eigenvalue weighted by atomic mass is 10.1. The first-order chi connectivity index (χ1) is 7.65. The van der Waals surface area contributed by atoms with Crippen LogP contribution in [0.15, 0.2) is 24.3 Å². The molecular weight excluding hydrogens is 210 g/mol. The molecule has 0 heterocycles. The summed E-state index contributed by atoms with van der Waals surface area (Å²) in [5, 5.41) is 8.75. The van der Waals surface area contributed by atoms with Crippen molar-refractivity contribution in [2.45, 2.75) is 6.04 Å². The fraction of sp³-hybridized carbons (Fsp3) is 0.364. The van der Waals surface area contributed by atoms with Crippen LogP contribution < -0.4 is 10.5 Å². The van der Waals surface area contributed by atoms with Crippen molar-refractivity contribution in [1.82, 2.24) is 0 Å². The van der Waals surface area contributed by atoms with E-state index < -0.39 is 12.0 Å². The molecule has 1 unspecified atom stereocenters. The molecule has 0 amide bonds. The van der Waals surface area contributed by atoms with Crippen molar-refractivity contribution in [2.24, 2.45) is 5.73 Å². The fourth-order valence-electron chi connectivity index (χ4n) is 1.18. The molecule has 88 valence electrons. The second-order valence-corrected chi connectivity index (χ2v) is 3.23. The Balaban J connectivity index is 2.67. The quantitative estimate of drug-likeness (QED) is 0.700. The smallest absolute Gasteiger partial charge is 0.325 e. The third-order valence-electron chi connectivity index (χ3n) is 2.04. The van der Waals surface area contributed by atoms with E-state index in [2.05, 4.69) is 0 Å². The number of carboxylic acid groups (broad SMARTS) is 1. The molecule has 5 nitrogen and oxygen atoms in total. The minimum Gasteiger partial charge on any atom is -0.491 e. The molecule has 5 heteroatoms. The van der Waals surface area contributed by atoms with E-state index in [0.717, 1.165) is 0 Å². The fourth-order valence-corrected chi connectivity index (χ4v) is 1.18. The highest BCUT2D eigenvalue weighted by molar-refractivity contribution is 5.75. The number of carbonyl (C=O) groups is 1. The number of ether oxygens (including phenoxy) is 2. The van der Waals surface area contributed by atoms with Gasteiger partial charge in [-0.2, -0.15) is 0 Å². The van der Waals surface area contributed by atoms with Gasteiger partial charge in [-0.05, 0) is 17.7 Å². The lowest BCUT2D eigenvalue weighted by Gasteiger charge is -2.10. The van der Waals surface area contributed by atoms with Crippen LogP contribution in [0.4, 0.5) is 0 Å². The van der Waals surface area contributed by atoms with Crippen LogP contribution in [0.2, 0.25) is 0 Å². The van der Waals surface area contributed by atoms with Crippen LogP contribution >= 0.6 is 0 Å². The Morgan fingerprint density at radius 1 is 1.50 bits per heavy atom. The van der Waals surface area contributed by atoms with Crippen LogP contribution in [0, 0.1) is 0 Å². The molecule has 0 aliphatic heterocycles. The Kier molecular flexibility index (Phi) is 4.75. The maximum absolute atomic E-state index is 10.7. The third-order valence-corrected chi connectivity index (χ3v) is 2.04.